The highest BCUT2D eigenvalue weighted by Crippen LogP contribution is 2.26. The fraction of sp³-hybridized carbons (Fsp3) is 0.545. The van der Waals surface area contributed by atoms with Crippen molar-refractivity contribution in [1.29, 1.82) is 0 Å². The van der Waals surface area contributed by atoms with E-state index in [0.717, 1.165) is 28.4 Å². The van der Waals surface area contributed by atoms with Gasteiger partial charge in [0.1, 0.15) is 5.82 Å². The summed E-state index contributed by atoms with van der Waals surface area (Å²) in [6.45, 7) is 3.09. The molecule has 1 aliphatic carbocycles. The molecule has 0 radical (unpaired) electrons. The highest BCUT2D eigenvalue weighted by atomic mass is 79.9. The minimum Gasteiger partial charge on any atom is -0.370 e. The smallest absolute Gasteiger partial charge is 0.126 e. The van der Waals surface area contributed by atoms with E-state index < -0.39 is 0 Å². The van der Waals surface area contributed by atoms with Crippen molar-refractivity contribution in [2.24, 2.45) is 5.92 Å². The lowest BCUT2D eigenvalue weighted by Gasteiger charge is -2.25. The average molecular weight is 255 g/mol. The number of nitrogens with zero attached hydrogens (tertiary/aromatic N) is 1. The van der Waals surface area contributed by atoms with Crippen LogP contribution in [0, 0.1) is 12.8 Å². The quantitative estimate of drug-likeness (QED) is 0.895. The first-order valence-corrected chi connectivity index (χ1v) is 5.92. The normalized spacial score (nSPS) is 16.4. The van der Waals surface area contributed by atoms with Gasteiger partial charge in [0.15, 0.2) is 0 Å². The Morgan fingerprint density at radius 2 is 2.29 bits per heavy atom. The number of hydrogen-bond donors (Lipinski definition) is 1. The van der Waals surface area contributed by atoms with Gasteiger partial charge in [0.2, 0.25) is 0 Å². The van der Waals surface area contributed by atoms with Gasteiger partial charge >= 0.3 is 0 Å². The molecule has 1 aliphatic rings. The van der Waals surface area contributed by atoms with Crippen LogP contribution in [-0.2, 0) is 0 Å². The fourth-order valence-electron chi connectivity index (χ4n) is 1.59. The number of pyridine rings is 1. The molecular formula is C11H15BrN2. The maximum atomic E-state index is 4.45. The SMILES string of the molecule is Cc1nc(NCC2CCC2)ccc1Br. The third-order valence-electron chi connectivity index (χ3n) is 2.82. The van der Waals surface area contributed by atoms with E-state index in [1.165, 1.54) is 19.3 Å². The van der Waals surface area contributed by atoms with E-state index >= 15 is 0 Å². The summed E-state index contributed by atoms with van der Waals surface area (Å²) in [4.78, 5) is 4.45. The molecule has 1 saturated carbocycles. The summed E-state index contributed by atoms with van der Waals surface area (Å²) in [6, 6.07) is 4.07. The van der Waals surface area contributed by atoms with Gasteiger partial charge in [-0.1, -0.05) is 6.42 Å². The van der Waals surface area contributed by atoms with Gasteiger partial charge in [0.25, 0.3) is 0 Å². The third-order valence-corrected chi connectivity index (χ3v) is 3.66. The van der Waals surface area contributed by atoms with Crippen molar-refractivity contribution in [2.45, 2.75) is 26.2 Å². The molecule has 0 aromatic carbocycles. The van der Waals surface area contributed by atoms with E-state index in [0.29, 0.717) is 0 Å². The highest BCUT2D eigenvalue weighted by molar-refractivity contribution is 9.10. The molecule has 0 aliphatic heterocycles. The van der Waals surface area contributed by atoms with Gasteiger partial charge in [-0.2, -0.15) is 0 Å². The van der Waals surface area contributed by atoms with E-state index in [1.807, 2.05) is 19.1 Å². The first kappa shape index (κ1) is 9.97. The maximum Gasteiger partial charge on any atom is 0.126 e. The van der Waals surface area contributed by atoms with Gasteiger partial charge in [-0.15, -0.1) is 0 Å². The summed E-state index contributed by atoms with van der Waals surface area (Å²) in [7, 11) is 0. The van der Waals surface area contributed by atoms with E-state index in [4.69, 9.17) is 0 Å². The predicted molar refractivity (Wildman–Crippen MR) is 62.5 cm³/mol. The first-order chi connectivity index (χ1) is 6.75. The zero-order valence-corrected chi connectivity index (χ0v) is 9.97. The molecule has 2 rings (SSSR count). The lowest BCUT2D eigenvalue weighted by Crippen LogP contribution is -2.21. The summed E-state index contributed by atoms with van der Waals surface area (Å²) < 4.78 is 1.08. The lowest BCUT2D eigenvalue weighted by molar-refractivity contribution is 0.333. The Hall–Kier alpha value is -0.570. The van der Waals surface area contributed by atoms with Crippen molar-refractivity contribution in [3.63, 3.8) is 0 Å². The van der Waals surface area contributed by atoms with Crippen molar-refractivity contribution in [3.8, 4) is 0 Å². The van der Waals surface area contributed by atoms with Crippen LogP contribution in [0.4, 0.5) is 5.82 Å². The van der Waals surface area contributed by atoms with E-state index in [2.05, 4.69) is 26.2 Å². The molecule has 1 fully saturated rings. The summed E-state index contributed by atoms with van der Waals surface area (Å²) in [5.74, 6) is 1.87. The topological polar surface area (TPSA) is 24.9 Å². The Bertz CT molecular complexity index is 321. The third kappa shape index (κ3) is 2.27. The van der Waals surface area contributed by atoms with Crippen LogP contribution in [-0.4, -0.2) is 11.5 Å². The molecule has 1 aromatic rings. The van der Waals surface area contributed by atoms with Crippen LogP contribution in [0.25, 0.3) is 0 Å². The number of aromatic nitrogens is 1. The molecular weight excluding hydrogens is 240 g/mol. The van der Waals surface area contributed by atoms with Gasteiger partial charge in [-0.05, 0) is 53.7 Å². The van der Waals surface area contributed by atoms with Crippen LogP contribution in [0.15, 0.2) is 16.6 Å². The van der Waals surface area contributed by atoms with Crippen molar-refractivity contribution in [1.82, 2.24) is 4.98 Å². The molecule has 0 saturated heterocycles. The Kier molecular flexibility index (Phi) is 3.06. The molecule has 0 bridgehead atoms. The molecule has 76 valence electrons. The molecule has 2 nitrogen and oxygen atoms in total. The molecule has 0 unspecified atom stereocenters. The van der Waals surface area contributed by atoms with Crippen LogP contribution in [0.1, 0.15) is 25.0 Å². The minimum atomic E-state index is 0.876. The molecule has 3 heteroatoms. The van der Waals surface area contributed by atoms with Crippen LogP contribution in [0.5, 0.6) is 0 Å². The number of nitrogens with one attached hydrogen (secondary N) is 1. The van der Waals surface area contributed by atoms with Gasteiger partial charge < -0.3 is 5.32 Å². The Morgan fingerprint density at radius 3 is 2.86 bits per heavy atom. The van der Waals surface area contributed by atoms with Crippen molar-refractivity contribution >= 4 is 21.7 Å². The number of aryl methyl sites for hydroxylation is 1. The molecule has 14 heavy (non-hydrogen) atoms. The summed E-state index contributed by atoms with van der Waals surface area (Å²) in [5, 5.41) is 3.38. The van der Waals surface area contributed by atoms with E-state index in [-0.39, 0.29) is 0 Å². The second-order valence-electron chi connectivity index (χ2n) is 3.94. The van der Waals surface area contributed by atoms with Crippen LogP contribution in [0.2, 0.25) is 0 Å². The second kappa shape index (κ2) is 4.30. The number of anilines is 1. The Morgan fingerprint density at radius 1 is 1.50 bits per heavy atom. The lowest BCUT2D eigenvalue weighted by atomic mass is 9.85. The van der Waals surface area contributed by atoms with Crippen LogP contribution >= 0.6 is 15.9 Å². The Balaban J connectivity index is 1.91. The largest absolute Gasteiger partial charge is 0.370 e. The first-order valence-electron chi connectivity index (χ1n) is 5.13. The molecule has 0 spiro atoms. The van der Waals surface area contributed by atoms with Gasteiger partial charge in [-0.25, -0.2) is 4.98 Å². The van der Waals surface area contributed by atoms with Crippen LogP contribution in [0.3, 0.4) is 0 Å². The summed E-state index contributed by atoms with van der Waals surface area (Å²) >= 11 is 3.44. The minimum absolute atomic E-state index is 0.876. The fourth-order valence-corrected chi connectivity index (χ4v) is 1.81. The molecule has 1 heterocycles. The summed E-state index contributed by atoms with van der Waals surface area (Å²) in [5.41, 5.74) is 1.05. The highest BCUT2D eigenvalue weighted by Gasteiger charge is 2.16. The number of hydrogen-bond acceptors (Lipinski definition) is 2. The maximum absolute atomic E-state index is 4.45. The van der Waals surface area contributed by atoms with E-state index in [1.54, 1.807) is 0 Å². The van der Waals surface area contributed by atoms with Gasteiger partial charge in [0, 0.05) is 11.0 Å². The molecule has 0 amide bonds. The van der Waals surface area contributed by atoms with Gasteiger partial charge in [-0.3, -0.25) is 0 Å². The summed E-state index contributed by atoms with van der Waals surface area (Å²) in [6.07, 6.45) is 4.16. The standard InChI is InChI=1S/C11H15BrN2/c1-8-10(12)5-6-11(14-8)13-7-9-3-2-4-9/h5-6,9H,2-4,7H2,1H3,(H,13,14). The zero-order chi connectivity index (χ0) is 9.97. The van der Waals surface area contributed by atoms with Crippen molar-refractivity contribution in [3.05, 3.63) is 22.3 Å². The monoisotopic (exact) mass is 254 g/mol. The Labute approximate surface area is 93.3 Å². The second-order valence-corrected chi connectivity index (χ2v) is 4.80. The van der Waals surface area contributed by atoms with Crippen molar-refractivity contribution in [2.75, 3.05) is 11.9 Å². The zero-order valence-electron chi connectivity index (χ0n) is 8.39. The predicted octanol–water partition coefficient (Wildman–Crippen LogP) is 3.36. The number of rotatable bonds is 3. The van der Waals surface area contributed by atoms with Crippen LogP contribution < -0.4 is 5.32 Å². The number of halogens is 1. The molecule has 1 aromatic heterocycles. The average Bonchev–Trinajstić information content (AvgIpc) is 2.08. The molecule has 1 N–H and O–H groups in total. The molecule has 0 atom stereocenters. The van der Waals surface area contributed by atoms with Crippen molar-refractivity contribution < 1.29 is 0 Å². The van der Waals surface area contributed by atoms with Gasteiger partial charge in [0.05, 0.1) is 5.69 Å². The van der Waals surface area contributed by atoms with E-state index in [9.17, 15) is 0 Å².